The van der Waals surface area contributed by atoms with E-state index in [1.165, 1.54) is 0 Å². The van der Waals surface area contributed by atoms with Crippen molar-refractivity contribution in [1.29, 1.82) is 0 Å². The molecule has 0 aromatic heterocycles. The van der Waals surface area contributed by atoms with E-state index < -0.39 is 0 Å². The third kappa shape index (κ3) is 2.82. The molecule has 0 radical (unpaired) electrons. The first-order chi connectivity index (χ1) is 3.89. The van der Waals surface area contributed by atoms with Gasteiger partial charge in [-0.3, -0.25) is 0 Å². The lowest BCUT2D eigenvalue weighted by Gasteiger charge is -1.82. The van der Waals surface area contributed by atoms with Crippen LogP contribution in [-0.2, 0) is 0 Å². The summed E-state index contributed by atoms with van der Waals surface area (Å²) in [6.07, 6.45) is 8.32. The normalized spacial score (nSPS) is 14.9. The summed E-state index contributed by atoms with van der Waals surface area (Å²) in [5.74, 6) is 0.270. The van der Waals surface area contributed by atoms with Gasteiger partial charge in [-0.1, -0.05) is 0 Å². The van der Waals surface area contributed by atoms with Crippen LogP contribution >= 0.6 is 12.4 Å². The Balaban J connectivity index is 0.000000640. The van der Waals surface area contributed by atoms with E-state index in [2.05, 4.69) is 5.32 Å². The van der Waals surface area contributed by atoms with Crippen LogP contribution in [0.2, 0.25) is 0 Å². The number of hydrogen-bond acceptors (Lipinski definition) is 2. The summed E-state index contributed by atoms with van der Waals surface area (Å²) >= 11 is 0. The predicted molar refractivity (Wildman–Crippen MR) is 39.4 cm³/mol. The smallest absolute Gasteiger partial charge is 0.117 e. The highest BCUT2D eigenvalue weighted by atomic mass is 35.5. The van der Waals surface area contributed by atoms with Crippen LogP contribution in [0.5, 0.6) is 0 Å². The molecule has 0 unspecified atom stereocenters. The van der Waals surface area contributed by atoms with Crippen LogP contribution in [0.3, 0.4) is 0 Å². The molecule has 1 rings (SSSR count). The van der Waals surface area contributed by atoms with Crippen LogP contribution < -0.4 is 5.32 Å². The molecule has 0 saturated carbocycles. The summed E-state index contributed by atoms with van der Waals surface area (Å²) in [4.78, 5) is 0. The van der Waals surface area contributed by atoms with Crippen molar-refractivity contribution >= 4 is 12.4 Å². The van der Waals surface area contributed by atoms with Gasteiger partial charge in [0.2, 0.25) is 0 Å². The fourth-order valence-electron chi connectivity index (χ4n) is 0.447. The number of hydrogen-bond donors (Lipinski definition) is 2. The zero-order valence-corrected chi connectivity index (χ0v) is 5.56. The fourth-order valence-corrected chi connectivity index (χ4v) is 0.447. The van der Waals surface area contributed by atoms with E-state index in [1.54, 1.807) is 30.6 Å². The molecule has 0 amide bonds. The maximum absolute atomic E-state index is 8.77. The lowest BCUT2D eigenvalue weighted by molar-refractivity contribution is 0.432. The van der Waals surface area contributed by atoms with E-state index in [-0.39, 0.29) is 18.2 Å². The second-order valence-electron chi connectivity index (χ2n) is 1.45. The SMILES string of the molecule is Cl.OC1=CC=CNC=C1. The van der Waals surface area contributed by atoms with E-state index >= 15 is 0 Å². The van der Waals surface area contributed by atoms with Gasteiger partial charge in [-0.15, -0.1) is 12.4 Å². The molecule has 0 spiro atoms. The number of aliphatic hydroxyl groups is 1. The Labute approximate surface area is 60.0 Å². The number of nitrogens with one attached hydrogen (secondary N) is 1. The van der Waals surface area contributed by atoms with Crippen molar-refractivity contribution in [2.75, 3.05) is 0 Å². The van der Waals surface area contributed by atoms with Gasteiger partial charge in [0, 0.05) is 12.4 Å². The second kappa shape index (κ2) is 4.04. The number of rotatable bonds is 0. The molecule has 1 aliphatic rings. The van der Waals surface area contributed by atoms with E-state index in [0.29, 0.717) is 0 Å². The first-order valence-corrected chi connectivity index (χ1v) is 2.38. The number of aliphatic hydroxyl groups excluding tert-OH is 1. The van der Waals surface area contributed by atoms with Crippen LogP contribution in [0.15, 0.2) is 36.4 Å². The number of halogens is 1. The summed E-state index contributed by atoms with van der Waals surface area (Å²) < 4.78 is 0. The van der Waals surface area contributed by atoms with Gasteiger partial charge in [0.25, 0.3) is 0 Å². The molecule has 50 valence electrons. The van der Waals surface area contributed by atoms with Crippen LogP contribution in [0.4, 0.5) is 0 Å². The van der Waals surface area contributed by atoms with Gasteiger partial charge in [-0.2, -0.15) is 0 Å². The van der Waals surface area contributed by atoms with E-state index in [4.69, 9.17) is 5.11 Å². The Hall–Kier alpha value is -0.890. The average molecular weight is 146 g/mol. The first-order valence-electron chi connectivity index (χ1n) is 2.38. The van der Waals surface area contributed by atoms with Crippen molar-refractivity contribution in [3.63, 3.8) is 0 Å². The quantitative estimate of drug-likeness (QED) is 0.541. The number of allylic oxidation sites excluding steroid dienone is 3. The minimum atomic E-state index is 0. The van der Waals surface area contributed by atoms with Gasteiger partial charge >= 0.3 is 0 Å². The minimum absolute atomic E-state index is 0. The average Bonchev–Trinajstić information content (AvgIpc) is 1.94. The van der Waals surface area contributed by atoms with Crippen LogP contribution in [-0.4, -0.2) is 5.11 Å². The Morgan fingerprint density at radius 3 is 2.89 bits per heavy atom. The molecule has 1 heterocycles. The molecular formula is C6H8ClNO. The third-order valence-corrected chi connectivity index (χ3v) is 0.810. The monoisotopic (exact) mass is 145 g/mol. The molecule has 9 heavy (non-hydrogen) atoms. The summed E-state index contributed by atoms with van der Waals surface area (Å²) in [6.45, 7) is 0. The van der Waals surface area contributed by atoms with Crippen molar-refractivity contribution in [1.82, 2.24) is 5.32 Å². The van der Waals surface area contributed by atoms with Crippen LogP contribution in [0, 0.1) is 0 Å². The van der Waals surface area contributed by atoms with Gasteiger partial charge < -0.3 is 10.4 Å². The van der Waals surface area contributed by atoms with Gasteiger partial charge in [0.05, 0.1) is 0 Å². The minimum Gasteiger partial charge on any atom is -0.508 e. The fraction of sp³-hybridized carbons (Fsp3) is 0. The molecular weight excluding hydrogens is 138 g/mol. The summed E-state index contributed by atoms with van der Waals surface area (Å²) in [6, 6.07) is 0. The Morgan fingerprint density at radius 2 is 2.11 bits per heavy atom. The van der Waals surface area contributed by atoms with Gasteiger partial charge in [-0.05, 0) is 18.2 Å². The van der Waals surface area contributed by atoms with Crippen molar-refractivity contribution in [3.8, 4) is 0 Å². The van der Waals surface area contributed by atoms with E-state index in [1.807, 2.05) is 0 Å². The Bertz CT molecular complexity index is 160. The summed E-state index contributed by atoms with van der Waals surface area (Å²) in [7, 11) is 0. The Morgan fingerprint density at radius 1 is 1.33 bits per heavy atom. The summed E-state index contributed by atoms with van der Waals surface area (Å²) in [5, 5.41) is 11.6. The van der Waals surface area contributed by atoms with Crippen molar-refractivity contribution in [2.24, 2.45) is 0 Å². The highest BCUT2D eigenvalue weighted by Gasteiger charge is 1.82. The second-order valence-corrected chi connectivity index (χ2v) is 1.45. The van der Waals surface area contributed by atoms with Crippen molar-refractivity contribution in [2.45, 2.75) is 0 Å². The maximum Gasteiger partial charge on any atom is 0.117 e. The zero-order valence-electron chi connectivity index (χ0n) is 4.74. The van der Waals surface area contributed by atoms with Gasteiger partial charge in [0.1, 0.15) is 5.76 Å². The third-order valence-electron chi connectivity index (χ3n) is 0.810. The molecule has 2 N–H and O–H groups in total. The molecule has 0 fully saturated rings. The standard InChI is InChI=1S/C6H7NO.ClH/c8-6-2-1-4-7-5-3-6;/h1-5,7-8H;1H. The van der Waals surface area contributed by atoms with E-state index in [0.717, 1.165) is 0 Å². The first kappa shape index (κ1) is 8.11. The molecule has 0 aromatic carbocycles. The summed E-state index contributed by atoms with van der Waals surface area (Å²) in [5.41, 5.74) is 0. The maximum atomic E-state index is 8.77. The molecule has 0 aliphatic carbocycles. The zero-order chi connectivity index (χ0) is 5.82. The van der Waals surface area contributed by atoms with Crippen LogP contribution in [0.25, 0.3) is 0 Å². The molecule has 0 saturated heterocycles. The van der Waals surface area contributed by atoms with Crippen molar-refractivity contribution < 1.29 is 5.11 Å². The highest BCUT2D eigenvalue weighted by Crippen LogP contribution is 1.92. The topological polar surface area (TPSA) is 32.3 Å². The van der Waals surface area contributed by atoms with Gasteiger partial charge in [-0.25, -0.2) is 0 Å². The largest absolute Gasteiger partial charge is 0.508 e. The van der Waals surface area contributed by atoms with E-state index in [9.17, 15) is 0 Å². The Kier molecular flexibility index (Phi) is 3.64. The van der Waals surface area contributed by atoms with Crippen molar-refractivity contribution in [3.05, 3.63) is 36.4 Å². The highest BCUT2D eigenvalue weighted by molar-refractivity contribution is 5.85. The van der Waals surface area contributed by atoms with Crippen LogP contribution in [0.1, 0.15) is 0 Å². The van der Waals surface area contributed by atoms with Gasteiger partial charge in [0.15, 0.2) is 0 Å². The predicted octanol–water partition coefficient (Wildman–Crippen LogP) is 1.48. The molecule has 0 aromatic rings. The lowest BCUT2D eigenvalue weighted by Crippen LogP contribution is -1.88. The molecule has 2 nitrogen and oxygen atoms in total. The molecule has 1 aliphatic heterocycles. The lowest BCUT2D eigenvalue weighted by atomic mass is 10.4. The molecule has 3 heteroatoms. The molecule has 0 bridgehead atoms. The molecule has 0 atom stereocenters.